The lowest BCUT2D eigenvalue weighted by molar-refractivity contribution is 0.0951. The van der Waals surface area contributed by atoms with Gasteiger partial charge in [-0.25, -0.2) is 0 Å². The van der Waals surface area contributed by atoms with Gasteiger partial charge < -0.3 is 10.6 Å². The number of benzene rings is 2. The molecule has 0 spiro atoms. The van der Waals surface area contributed by atoms with Crippen LogP contribution in [0, 0.1) is 6.92 Å². The third kappa shape index (κ3) is 3.85. The van der Waals surface area contributed by atoms with Gasteiger partial charge in [-0.15, -0.1) is 0 Å². The molecule has 110 valence electrons. The molecule has 0 aliphatic rings. The smallest absolute Gasteiger partial charge is 0.253 e. The maximum absolute atomic E-state index is 12.3. The van der Waals surface area contributed by atoms with Crippen molar-refractivity contribution >= 4 is 11.6 Å². The van der Waals surface area contributed by atoms with Gasteiger partial charge in [0.1, 0.15) is 0 Å². The summed E-state index contributed by atoms with van der Waals surface area (Å²) in [5, 5.41) is 6.04. The molecule has 2 aromatic carbocycles. The lowest BCUT2D eigenvalue weighted by Gasteiger charge is -2.11. The van der Waals surface area contributed by atoms with Crippen molar-refractivity contribution in [3.8, 4) is 0 Å². The topological polar surface area (TPSA) is 41.1 Å². The molecule has 0 fully saturated rings. The highest BCUT2D eigenvalue weighted by atomic mass is 16.1. The third-order valence-corrected chi connectivity index (χ3v) is 3.57. The van der Waals surface area contributed by atoms with E-state index in [1.54, 1.807) is 0 Å². The Morgan fingerprint density at radius 1 is 1.05 bits per heavy atom. The molecule has 3 heteroatoms. The third-order valence-electron chi connectivity index (χ3n) is 3.57. The highest BCUT2D eigenvalue weighted by molar-refractivity contribution is 5.99. The first kappa shape index (κ1) is 15.1. The van der Waals surface area contributed by atoms with Gasteiger partial charge in [-0.05, 0) is 42.2 Å². The number of carbonyl (C=O) groups is 1. The summed E-state index contributed by atoms with van der Waals surface area (Å²) in [5.74, 6) is -0.0566. The van der Waals surface area contributed by atoms with Gasteiger partial charge >= 0.3 is 0 Å². The van der Waals surface area contributed by atoms with Crippen LogP contribution in [0.25, 0.3) is 0 Å². The lowest BCUT2D eigenvalue weighted by Crippen LogP contribution is -2.23. The zero-order valence-corrected chi connectivity index (χ0v) is 12.9. The monoisotopic (exact) mass is 282 g/mol. The van der Waals surface area contributed by atoms with Gasteiger partial charge in [0, 0.05) is 19.3 Å². The predicted octanol–water partition coefficient (Wildman–Crippen LogP) is 3.53. The number of anilines is 1. The molecule has 0 aromatic heterocycles. The number of amides is 1. The minimum atomic E-state index is -0.0566. The van der Waals surface area contributed by atoms with E-state index < -0.39 is 0 Å². The Kier molecular flexibility index (Phi) is 4.99. The fourth-order valence-corrected chi connectivity index (χ4v) is 2.23. The first-order chi connectivity index (χ1) is 10.1. The molecular weight excluding hydrogens is 260 g/mol. The molecular formula is C18H22N2O. The van der Waals surface area contributed by atoms with Crippen molar-refractivity contribution in [3.63, 3.8) is 0 Å². The van der Waals surface area contributed by atoms with Crippen LogP contribution in [0.1, 0.15) is 34.0 Å². The van der Waals surface area contributed by atoms with Gasteiger partial charge in [0.15, 0.2) is 0 Å². The summed E-state index contributed by atoms with van der Waals surface area (Å²) in [6.07, 6.45) is 1.03. The summed E-state index contributed by atoms with van der Waals surface area (Å²) in [4.78, 5) is 12.3. The van der Waals surface area contributed by atoms with Gasteiger partial charge in [0.05, 0.1) is 5.56 Å². The normalized spacial score (nSPS) is 10.2. The van der Waals surface area contributed by atoms with Crippen LogP contribution < -0.4 is 10.6 Å². The first-order valence-corrected chi connectivity index (χ1v) is 7.28. The molecule has 0 radical (unpaired) electrons. The average molecular weight is 282 g/mol. The minimum Gasteiger partial charge on any atom is -0.387 e. The molecule has 1 amide bonds. The second kappa shape index (κ2) is 6.93. The summed E-state index contributed by atoms with van der Waals surface area (Å²) >= 11 is 0. The largest absolute Gasteiger partial charge is 0.387 e. The Hall–Kier alpha value is -2.29. The Morgan fingerprint density at radius 2 is 1.71 bits per heavy atom. The number of nitrogens with one attached hydrogen (secondary N) is 2. The van der Waals surface area contributed by atoms with Crippen LogP contribution in [-0.4, -0.2) is 13.0 Å². The molecule has 2 rings (SSSR count). The second-order valence-corrected chi connectivity index (χ2v) is 5.15. The standard InChI is InChI=1S/C18H22N2O/c1-4-14-6-8-15(9-7-14)12-20-18(21)16-10-5-13(2)11-17(16)19-3/h5-11,19H,4,12H2,1-3H3,(H,20,21). The van der Waals surface area contributed by atoms with Crippen molar-refractivity contribution in [3.05, 3.63) is 64.7 Å². The first-order valence-electron chi connectivity index (χ1n) is 7.28. The van der Waals surface area contributed by atoms with E-state index in [0.717, 1.165) is 23.2 Å². The molecule has 0 aliphatic heterocycles. The van der Waals surface area contributed by atoms with Gasteiger partial charge in [0.25, 0.3) is 5.91 Å². The van der Waals surface area contributed by atoms with Crippen molar-refractivity contribution < 1.29 is 4.79 Å². The molecule has 0 aliphatic carbocycles. The number of aryl methyl sites for hydroxylation is 2. The van der Waals surface area contributed by atoms with Crippen LogP contribution in [0.2, 0.25) is 0 Å². The molecule has 2 aromatic rings. The van der Waals surface area contributed by atoms with E-state index in [2.05, 4.69) is 41.8 Å². The summed E-state index contributed by atoms with van der Waals surface area (Å²) in [6.45, 7) is 4.69. The maximum atomic E-state index is 12.3. The Bertz CT molecular complexity index is 618. The van der Waals surface area contributed by atoms with Gasteiger partial charge in [-0.2, -0.15) is 0 Å². The van der Waals surface area contributed by atoms with Crippen LogP contribution in [0.4, 0.5) is 5.69 Å². The van der Waals surface area contributed by atoms with E-state index in [1.165, 1.54) is 5.56 Å². The summed E-state index contributed by atoms with van der Waals surface area (Å²) in [7, 11) is 1.83. The van der Waals surface area contributed by atoms with E-state index in [-0.39, 0.29) is 5.91 Å². The van der Waals surface area contributed by atoms with Crippen LogP contribution in [0.5, 0.6) is 0 Å². The van der Waals surface area contributed by atoms with E-state index in [9.17, 15) is 4.79 Å². The lowest BCUT2D eigenvalue weighted by atomic mass is 10.1. The van der Waals surface area contributed by atoms with Gasteiger partial charge in [-0.3, -0.25) is 4.79 Å². The average Bonchev–Trinajstić information content (AvgIpc) is 2.52. The quantitative estimate of drug-likeness (QED) is 0.881. The van der Waals surface area contributed by atoms with Crippen molar-refractivity contribution in [1.82, 2.24) is 5.32 Å². The Morgan fingerprint density at radius 3 is 2.33 bits per heavy atom. The highest BCUT2D eigenvalue weighted by Crippen LogP contribution is 2.17. The number of hydrogen-bond acceptors (Lipinski definition) is 2. The molecule has 3 nitrogen and oxygen atoms in total. The molecule has 21 heavy (non-hydrogen) atoms. The Balaban J connectivity index is 2.04. The molecule has 0 atom stereocenters. The maximum Gasteiger partial charge on any atom is 0.253 e. The molecule has 0 bridgehead atoms. The van der Waals surface area contributed by atoms with Crippen molar-refractivity contribution in [1.29, 1.82) is 0 Å². The van der Waals surface area contributed by atoms with Crippen LogP contribution in [0.15, 0.2) is 42.5 Å². The van der Waals surface area contributed by atoms with Crippen molar-refractivity contribution in [2.45, 2.75) is 26.8 Å². The zero-order valence-electron chi connectivity index (χ0n) is 12.9. The zero-order chi connectivity index (χ0) is 15.2. The molecule has 0 saturated carbocycles. The Labute approximate surface area is 126 Å². The van der Waals surface area contributed by atoms with Gasteiger partial charge in [-0.1, -0.05) is 37.3 Å². The molecule has 0 heterocycles. The van der Waals surface area contributed by atoms with E-state index >= 15 is 0 Å². The summed E-state index contributed by atoms with van der Waals surface area (Å²) in [5.41, 5.74) is 5.08. The molecule has 0 unspecified atom stereocenters. The van der Waals surface area contributed by atoms with Crippen LogP contribution in [0.3, 0.4) is 0 Å². The second-order valence-electron chi connectivity index (χ2n) is 5.15. The molecule has 0 saturated heterocycles. The number of carbonyl (C=O) groups excluding carboxylic acids is 1. The van der Waals surface area contributed by atoms with Crippen molar-refractivity contribution in [2.24, 2.45) is 0 Å². The summed E-state index contributed by atoms with van der Waals surface area (Å²) in [6, 6.07) is 14.1. The van der Waals surface area contributed by atoms with E-state index in [0.29, 0.717) is 12.1 Å². The van der Waals surface area contributed by atoms with E-state index in [1.807, 2.05) is 32.2 Å². The SMILES string of the molecule is CCc1ccc(CNC(=O)c2ccc(C)cc2NC)cc1. The number of hydrogen-bond donors (Lipinski definition) is 2. The van der Waals surface area contributed by atoms with Crippen LogP contribution >= 0.6 is 0 Å². The fourth-order valence-electron chi connectivity index (χ4n) is 2.23. The fraction of sp³-hybridized carbons (Fsp3) is 0.278. The van der Waals surface area contributed by atoms with E-state index in [4.69, 9.17) is 0 Å². The predicted molar refractivity (Wildman–Crippen MR) is 87.7 cm³/mol. The van der Waals surface area contributed by atoms with Crippen molar-refractivity contribution in [2.75, 3.05) is 12.4 Å². The number of rotatable bonds is 5. The van der Waals surface area contributed by atoms with Gasteiger partial charge in [0.2, 0.25) is 0 Å². The summed E-state index contributed by atoms with van der Waals surface area (Å²) < 4.78 is 0. The highest BCUT2D eigenvalue weighted by Gasteiger charge is 2.10. The molecule has 2 N–H and O–H groups in total. The van der Waals surface area contributed by atoms with Crippen LogP contribution in [-0.2, 0) is 13.0 Å². The minimum absolute atomic E-state index is 0.0566.